The smallest absolute Gasteiger partial charge is 0.335 e. The van der Waals surface area contributed by atoms with Crippen molar-refractivity contribution < 1.29 is 119 Å². The Bertz CT molecular complexity index is 2220. The number of allylic oxidation sites excluding steroid dienone is 2. The third kappa shape index (κ3) is 9.37. The molecule has 0 amide bonds. The number of hydrogen-bond acceptors (Lipinski definition) is 23. The van der Waals surface area contributed by atoms with E-state index < -0.39 is 187 Å². The van der Waals surface area contributed by atoms with Crippen molar-refractivity contribution in [3.8, 4) is 0 Å². The van der Waals surface area contributed by atoms with Crippen LogP contribution < -0.4 is 0 Å². The number of hydrogen-bond donors (Lipinski definition) is 13. The first-order valence-corrected chi connectivity index (χ1v) is 27.2. The summed E-state index contributed by atoms with van der Waals surface area (Å²) in [6.07, 6.45) is -28.2. The molecule has 0 aromatic rings. The minimum atomic E-state index is -2.08. The van der Waals surface area contributed by atoms with Gasteiger partial charge in [-0.1, -0.05) is 53.2 Å². The van der Waals surface area contributed by atoms with Gasteiger partial charge < -0.3 is 109 Å². The number of esters is 1. The van der Waals surface area contributed by atoms with Gasteiger partial charge in [0.05, 0.1) is 36.9 Å². The Balaban J connectivity index is 0.987. The molecule has 0 bridgehead atoms. The van der Waals surface area contributed by atoms with Gasteiger partial charge in [0.25, 0.3) is 0 Å². The summed E-state index contributed by atoms with van der Waals surface area (Å²) in [6, 6.07) is 0. The average molecular weight is 1100 g/mol. The SMILES string of the molecule is C[C@@H]1O[C@@H](O[C@H]2[C@H](OC(=O)[C@]34CCC(C)(C)C[C@H]3C3=CC[C@@H]5[C@@]6(C)CC[C@H](O[C@@H]7O[C@H](C(=O)O)[C@@H](O)[C@H](O)[C@H]7O[C@@H]7O[C@H](CO)[C@H](O)[C@H](O)[C@H]7O)[C@@](C)(C=O)[C@@H]6CC[C@@]5(C)[C@]3(C)C[C@H]4O)OC[C@H](O)[C@@H]2O)[C@H](O)[C@H](O)[C@H]1O. The van der Waals surface area contributed by atoms with Crippen LogP contribution in [0.2, 0.25) is 0 Å². The monoisotopic (exact) mass is 1100 g/mol. The van der Waals surface area contributed by atoms with E-state index in [-0.39, 0.29) is 36.5 Å². The maximum Gasteiger partial charge on any atom is 0.335 e. The van der Waals surface area contributed by atoms with Crippen molar-refractivity contribution in [2.24, 2.45) is 50.2 Å². The normalized spacial score (nSPS) is 54.6. The summed E-state index contributed by atoms with van der Waals surface area (Å²) in [6.45, 7) is 12.7. The highest BCUT2D eigenvalue weighted by Crippen LogP contribution is 2.76. The van der Waals surface area contributed by atoms with Gasteiger partial charge in [0, 0.05) is 0 Å². The fourth-order valence-electron chi connectivity index (χ4n) is 16.1. The van der Waals surface area contributed by atoms with Gasteiger partial charge in [-0.3, -0.25) is 4.79 Å². The standard InChI is InChI=1S/C53H82O24/c1-21-30(58)33(61)37(65)43(71-21)75-40-31(59)24(56)19-70-45(40)77-47(69)53-15-14-48(2,3)16-23(53)22-8-9-27-49(4)12-11-29(50(5,20-55)26(49)10-13-51(27,6)52(22,7)17-28(53)57)73-46-41(36(64)35(63)39(74-46)42(67)68)76-44-38(66)34(62)32(60)25(18-54)72-44/h8,20-21,23-41,43-46,54,56-66H,9-19H2,1-7H3,(H,67,68)/t21-,23-,24-,25+,26+,27+,28+,29-,30-,31-,32-,33+,34-,35-,36-,37+,38+,39-,40+,41+,43-,44-,45-,46+,49-,50-,51+,52+,53+/m0/s1. The molecule has 0 radical (unpaired) electrons. The van der Waals surface area contributed by atoms with Crippen molar-refractivity contribution in [2.45, 2.75) is 235 Å². The summed E-state index contributed by atoms with van der Waals surface area (Å²) in [4.78, 5) is 41.4. The first-order chi connectivity index (χ1) is 36.0. The maximum atomic E-state index is 15.2. The number of rotatable bonds is 11. The van der Waals surface area contributed by atoms with Crippen LogP contribution >= 0.6 is 0 Å². The van der Waals surface area contributed by atoms with Crippen LogP contribution in [0.25, 0.3) is 0 Å². The van der Waals surface area contributed by atoms with Crippen molar-refractivity contribution in [1.29, 1.82) is 0 Å². The van der Waals surface area contributed by atoms with Crippen molar-refractivity contribution >= 4 is 18.2 Å². The number of fused-ring (bicyclic) bond motifs is 7. The number of carboxylic acid groups (broad SMARTS) is 1. The Kier molecular flexibility index (Phi) is 16.2. The molecule has 9 aliphatic rings. The molecule has 0 aromatic carbocycles. The fraction of sp³-hybridized carbons (Fsp3) is 0.906. The number of aliphatic hydroxyl groups is 12. The molecule has 0 spiro atoms. The summed E-state index contributed by atoms with van der Waals surface area (Å²) in [7, 11) is 0. The first-order valence-electron chi connectivity index (χ1n) is 27.2. The largest absolute Gasteiger partial charge is 0.479 e. The zero-order valence-corrected chi connectivity index (χ0v) is 44.6. The van der Waals surface area contributed by atoms with Crippen LogP contribution in [0, 0.1) is 50.2 Å². The molecule has 438 valence electrons. The Hall–Kier alpha value is -2.41. The highest BCUT2D eigenvalue weighted by molar-refractivity contribution is 5.80. The number of ether oxygens (including phenoxy) is 8. The molecule has 4 saturated heterocycles. The quantitative estimate of drug-likeness (QED) is 0.0455. The van der Waals surface area contributed by atoms with E-state index >= 15 is 4.79 Å². The Morgan fingerprint density at radius 2 is 1.31 bits per heavy atom. The van der Waals surface area contributed by atoms with Gasteiger partial charge in [0.2, 0.25) is 6.29 Å². The van der Waals surface area contributed by atoms with E-state index in [1.54, 1.807) is 6.92 Å². The van der Waals surface area contributed by atoms with E-state index in [2.05, 4.69) is 40.7 Å². The summed E-state index contributed by atoms with van der Waals surface area (Å²) < 4.78 is 47.3. The molecule has 77 heavy (non-hydrogen) atoms. The molecule has 4 saturated carbocycles. The molecule has 0 aromatic heterocycles. The molecule has 8 fully saturated rings. The van der Waals surface area contributed by atoms with E-state index in [1.165, 1.54) is 6.92 Å². The number of carboxylic acids is 1. The predicted octanol–water partition coefficient (Wildman–Crippen LogP) is -2.13. The third-order valence-electron chi connectivity index (χ3n) is 21.0. The van der Waals surface area contributed by atoms with Crippen LogP contribution in [0.5, 0.6) is 0 Å². The Morgan fingerprint density at radius 1 is 0.675 bits per heavy atom. The van der Waals surface area contributed by atoms with Crippen LogP contribution in [0.15, 0.2) is 11.6 Å². The number of carbonyl (C=O) groups is 3. The maximum absolute atomic E-state index is 15.2. The molecule has 5 aliphatic carbocycles. The molecule has 13 N–H and O–H groups in total. The van der Waals surface area contributed by atoms with Crippen LogP contribution in [0.4, 0.5) is 0 Å². The lowest BCUT2D eigenvalue weighted by atomic mass is 9.33. The third-order valence-corrected chi connectivity index (χ3v) is 21.0. The highest BCUT2D eigenvalue weighted by atomic mass is 16.8. The van der Waals surface area contributed by atoms with Crippen LogP contribution in [-0.4, -0.2) is 227 Å². The fourth-order valence-corrected chi connectivity index (χ4v) is 16.1. The minimum absolute atomic E-state index is 0.103. The first kappa shape index (κ1) is 59.2. The van der Waals surface area contributed by atoms with Gasteiger partial charge in [0.15, 0.2) is 31.1 Å². The summed E-state index contributed by atoms with van der Waals surface area (Å²) >= 11 is 0. The Morgan fingerprint density at radius 3 is 1.95 bits per heavy atom. The molecule has 29 atom stereocenters. The van der Waals surface area contributed by atoms with Crippen LogP contribution in [0.1, 0.15) is 106 Å². The zero-order valence-electron chi connectivity index (χ0n) is 44.6. The second-order valence-corrected chi connectivity index (χ2v) is 25.6. The number of aliphatic carboxylic acids is 1. The van der Waals surface area contributed by atoms with Crippen molar-refractivity contribution in [2.75, 3.05) is 13.2 Å². The van der Waals surface area contributed by atoms with Crippen molar-refractivity contribution in [3.63, 3.8) is 0 Å². The van der Waals surface area contributed by atoms with Crippen LogP contribution in [0.3, 0.4) is 0 Å². The van der Waals surface area contributed by atoms with Gasteiger partial charge in [-0.2, -0.15) is 0 Å². The second kappa shape index (κ2) is 21.1. The average Bonchev–Trinajstić information content (AvgIpc) is 3.56. The van der Waals surface area contributed by atoms with Crippen LogP contribution in [-0.2, 0) is 52.3 Å². The summed E-state index contributed by atoms with van der Waals surface area (Å²) in [5.74, 6) is -3.45. The van der Waals surface area contributed by atoms with Crippen molar-refractivity contribution in [3.05, 3.63) is 11.6 Å². The van der Waals surface area contributed by atoms with Gasteiger partial charge >= 0.3 is 11.9 Å². The van der Waals surface area contributed by atoms with E-state index in [1.807, 2.05) is 0 Å². The minimum Gasteiger partial charge on any atom is -0.479 e. The number of aldehydes is 1. The van der Waals surface area contributed by atoms with E-state index in [4.69, 9.17) is 37.9 Å². The number of carbonyl (C=O) groups excluding carboxylic acids is 2. The van der Waals surface area contributed by atoms with E-state index in [0.29, 0.717) is 38.5 Å². The lowest BCUT2D eigenvalue weighted by Gasteiger charge is -2.71. The lowest BCUT2D eigenvalue weighted by Crippen LogP contribution is -2.69. The van der Waals surface area contributed by atoms with Gasteiger partial charge in [-0.15, -0.1) is 0 Å². The molecular weight excluding hydrogens is 1020 g/mol. The molecule has 4 aliphatic heterocycles. The van der Waals surface area contributed by atoms with Gasteiger partial charge in [-0.25, -0.2) is 4.79 Å². The molecule has 24 heteroatoms. The van der Waals surface area contributed by atoms with Crippen molar-refractivity contribution in [1.82, 2.24) is 0 Å². The number of aliphatic hydroxyl groups excluding tert-OH is 12. The molecule has 9 rings (SSSR count). The summed E-state index contributed by atoms with van der Waals surface area (Å²) in [5, 5.41) is 140. The predicted molar refractivity (Wildman–Crippen MR) is 258 cm³/mol. The molecule has 0 unspecified atom stereocenters. The lowest BCUT2D eigenvalue weighted by molar-refractivity contribution is -0.373. The Labute approximate surface area is 446 Å². The van der Waals surface area contributed by atoms with E-state index in [9.17, 15) is 76.0 Å². The molecular formula is C53H82O24. The van der Waals surface area contributed by atoms with Gasteiger partial charge in [0.1, 0.15) is 84.9 Å². The topological polar surface area (TPSA) is 388 Å². The highest BCUT2D eigenvalue weighted by Gasteiger charge is 2.73. The zero-order chi connectivity index (χ0) is 56.4. The van der Waals surface area contributed by atoms with E-state index in [0.717, 1.165) is 11.9 Å². The molecule has 4 heterocycles. The molecule has 24 nitrogen and oxygen atoms in total. The second-order valence-electron chi connectivity index (χ2n) is 25.6. The summed E-state index contributed by atoms with van der Waals surface area (Å²) in [5.41, 5.74) is -3.90. The van der Waals surface area contributed by atoms with Gasteiger partial charge in [-0.05, 0) is 104 Å².